The van der Waals surface area contributed by atoms with Crippen LogP contribution >= 0.6 is 0 Å². The number of amides is 1. The summed E-state index contributed by atoms with van der Waals surface area (Å²) >= 11 is 0. The first-order chi connectivity index (χ1) is 10.1. The minimum atomic E-state index is -0.202. The van der Waals surface area contributed by atoms with E-state index in [0.29, 0.717) is 24.5 Å². The number of likely N-dealkylation sites (N-methyl/N-ethyl adjacent to an activating group) is 1. The van der Waals surface area contributed by atoms with Crippen molar-refractivity contribution in [3.63, 3.8) is 0 Å². The summed E-state index contributed by atoms with van der Waals surface area (Å²) < 4.78 is 5.00. The Bertz CT molecular complexity index is 610. The van der Waals surface area contributed by atoms with Crippen LogP contribution in [0, 0.1) is 0 Å². The van der Waals surface area contributed by atoms with Gasteiger partial charge in [-0.3, -0.25) is 9.89 Å². The number of hydrogen-bond acceptors (Lipinski definition) is 5. The number of ether oxygens (including phenoxy) is 1. The fraction of sp³-hybridized carbons (Fsp3) is 0.429. The van der Waals surface area contributed by atoms with E-state index >= 15 is 0 Å². The van der Waals surface area contributed by atoms with Gasteiger partial charge in [0.1, 0.15) is 0 Å². The first-order valence-electron chi connectivity index (χ1n) is 6.81. The van der Waals surface area contributed by atoms with Crippen molar-refractivity contribution in [3.05, 3.63) is 23.9 Å². The summed E-state index contributed by atoms with van der Waals surface area (Å²) in [7, 11) is 3.65. The molecule has 0 saturated heterocycles. The Morgan fingerprint density at radius 2 is 2.29 bits per heavy atom. The highest BCUT2D eigenvalue weighted by molar-refractivity contribution is 6.05. The molecular weight excluding hydrogens is 270 g/mol. The number of benzene rings is 1. The molecule has 0 aliphatic rings. The van der Waals surface area contributed by atoms with Gasteiger partial charge >= 0.3 is 0 Å². The van der Waals surface area contributed by atoms with E-state index in [2.05, 4.69) is 20.4 Å². The number of aromatic nitrogens is 2. The molecule has 0 aliphatic carbocycles. The molecule has 0 fully saturated rings. The normalized spacial score (nSPS) is 11.2. The number of carbonyl (C=O) groups excluding carboxylic acids is 1. The summed E-state index contributed by atoms with van der Waals surface area (Å²) in [6, 6.07) is 5.33. The van der Waals surface area contributed by atoms with Gasteiger partial charge in [0.25, 0.3) is 5.91 Å². The van der Waals surface area contributed by atoms with Crippen LogP contribution in [0.15, 0.2) is 18.2 Å². The van der Waals surface area contributed by atoms with Gasteiger partial charge < -0.3 is 20.7 Å². The van der Waals surface area contributed by atoms with Gasteiger partial charge in [-0.25, -0.2) is 0 Å². The van der Waals surface area contributed by atoms with E-state index in [0.717, 1.165) is 24.0 Å². The molecule has 0 unspecified atom stereocenters. The molecule has 4 N–H and O–H groups in total. The molecule has 0 spiro atoms. The fourth-order valence-corrected chi connectivity index (χ4v) is 2.01. The van der Waals surface area contributed by atoms with Crippen LogP contribution in [0.3, 0.4) is 0 Å². The van der Waals surface area contributed by atoms with Crippen molar-refractivity contribution in [1.82, 2.24) is 20.4 Å². The Morgan fingerprint density at radius 3 is 3.05 bits per heavy atom. The van der Waals surface area contributed by atoms with Crippen molar-refractivity contribution in [2.24, 2.45) is 0 Å². The summed E-state index contributed by atoms with van der Waals surface area (Å²) in [6.45, 7) is 2.80. The van der Waals surface area contributed by atoms with Gasteiger partial charge in [0.05, 0.1) is 12.1 Å². The molecule has 0 aliphatic heterocycles. The predicted molar refractivity (Wildman–Crippen MR) is 82.2 cm³/mol. The van der Waals surface area contributed by atoms with Crippen molar-refractivity contribution < 1.29 is 9.53 Å². The van der Waals surface area contributed by atoms with Crippen molar-refractivity contribution in [1.29, 1.82) is 0 Å². The molecule has 0 radical (unpaired) electrons. The number of fused-ring (bicyclic) bond motifs is 1. The highest BCUT2D eigenvalue weighted by Gasteiger charge is 2.13. The van der Waals surface area contributed by atoms with Crippen LogP contribution in [0.4, 0.5) is 5.69 Å². The first-order valence-corrected chi connectivity index (χ1v) is 6.81. The van der Waals surface area contributed by atoms with E-state index in [1.807, 2.05) is 13.1 Å². The third-order valence-electron chi connectivity index (χ3n) is 3.26. The Kier molecular flexibility index (Phi) is 5.13. The number of nitrogens with zero attached hydrogens (tertiary/aromatic N) is 2. The first kappa shape index (κ1) is 15.3. The van der Waals surface area contributed by atoms with Crippen molar-refractivity contribution in [2.45, 2.75) is 0 Å². The lowest BCUT2D eigenvalue weighted by Gasteiger charge is -2.15. The second-order valence-corrected chi connectivity index (χ2v) is 4.93. The largest absolute Gasteiger partial charge is 0.399 e. The van der Waals surface area contributed by atoms with E-state index in [9.17, 15) is 4.79 Å². The highest BCUT2D eigenvalue weighted by atomic mass is 16.5. The Balaban J connectivity index is 1.92. The minimum absolute atomic E-state index is 0.202. The van der Waals surface area contributed by atoms with Crippen LogP contribution in [-0.4, -0.2) is 61.4 Å². The molecule has 21 heavy (non-hydrogen) atoms. The fourth-order valence-electron chi connectivity index (χ4n) is 2.01. The molecule has 0 atom stereocenters. The third-order valence-corrected chi connectivity index (χ3v) is 3.26. The number of carbonyl (C=O) groups is 1. The predicted octanol–water partition coefficient (Wildman–Crippen LogP) is 0.453. The summed E-state index contributed by atoms with van der Waals surface area (Å²) in [4.78, 5) is 14.2. The standard InChI is InChI=1S/C14H21N5O2/c1-19(7-8-21-2)6-5-16-14(20)13-11-9-10(15)3-4-12(11)17-18-13/h3-4,9H,5-8,15H2,1-2H3,(H,16,20)(H,17,18). The summed E-state index contributed by atoms with van der Waals surface area (Å²) in [6.07, 6.45) is 0. The lowest BCUT2D eigenvalue weighted by molar-refractivity contribution is 0.0944. The Labute approximate surface area is 123 Å². The molecule has 1 aromatic heterocycles. The number of H-pyrrole nitrogens is 1. The summed E-state index contributed by atoms with van der Waals surface area (Å²) in [5.74, 6) is -0.202. The zero-order chi connectivity index (χ0) is 15.2. The lowest BCUT2D eigenvalue weighted by Crippen LogP contribution is -2.34. The quantitative estimate of drug-likeness (QED) is 0.644. The zero-order valence-electron chi connectivity index (χ0n) is 12.3. The zero-order valence-corrected chi connectivity index (χ0v) is 12.3. The van der Waals surface area contributed by atoms with Crippen LogP contribution in [0.2, 0.25) is 0 Å². The van der Waals surface area contributed by atoms with Crippen LogP contribution in [0.5, 0.6) is 0 Å². The van der Waals surface area contributed by atoms with Crippen LogP contribution in [0.1, 0.15) is 10.5 Å². The van der Waals surface area contributed by atoms with Gasteiger partial charge in [-0.15, -0.1) is 0 Å². The SMILES string of the molecule is COCCN(C)CCNC(=O)c1n[nH]c2ccc(N)cc12. The van der Waals surface area contributed by atoms with Gasteiger partial charge in [-0.2, -0.15) is 5.10 Å². The maximum Gasteiger partial charge on any atom is 0.272 e. The monoisotopic (exact) mass is 291 g/mol. The average molecular weight is 291 g/mol. The van der Waals surface area contributed by atoms with Gasteiger partial charge in [0.2, 0.25) is 0 Å². The van der Waals surface area contributed by atoms with E-state index < -0.39 is 0 Å². The van der Waals surface area contributed by atoms with Gasteiger partial charge in [0, 0.05) is 37.8 Å². The molecule has 1 amide bonds. The van der Waals surface area contributed by atoms with Crippen LogP contribution in [-0.2, 0) is 4.74 Å². The van der Waals surface area contributed by atoms with E-state index in [4.69, 9.17) is 10.5 Å². The maximum atomic E-state index is 12.1. The minimum Gasteiger partial charge on any atom is -0.399 e. The second-order valence-electron chi connectivity index (χ2n) is 4.93. The van der Waals surface area contributed by atoms with Gasteiger partial charge in [-0.1, -0.05) is 0 Å². The molecule has 1 aromatic carbocycles. The molecule has 7 nitrogen and oxygen atoms in total. The van der Waals surface area contributed by atoms with Crippen LogP contribution in [0.25, 0.3) is 10.9 Å². The molecule has 2 aromatic rings. The number of anilines is 1. The number of nitrogens with two attached hydrogens (primary N) is 1. The lowest BCUT2D eigenvalue weighted by atomic mass is 10.2. The number of nitrogens with one attached hydrogen (secondary N) is 2. The van der Waals surface area contributed by atoms with Gasteiger partial charge in [0.15, 0.2) is 5.69 Å². The van der Waals surface area contributed by atoms with Crippen molar-refractivity contribution in [3.8, 4) is 0 Å². The molecular formula is C14H21N5O2. The number of nitrogen functional groups attached to an aromatic ring is 1. The Morgan fingerprint density at radius 1 is 1.48 bits per heavy atom. The smallest absolute Gasteiger partial charge is 0.272 e. The second kappa shape index (κ2) is 7.05. The molecule has 7 heteroatoms. The Hall–Kier alpha value is -2.12. The molecule has 114 valence electrons. The number of hydrogen-bond donors (Lipinski definition) is 3. The number of aromatic amines is 1. The molecule has 0 saturated carbocycles. The average Bonchev–Trinajstić information content (AvgIpc) is 2.88. The van der Waals surface area contributed by atoms with Crippen molar-refractivity contribution in [2.75, 3.05) is 46.1 Å². The van der Waals surface area contributed by atoms with Gasteiger partial charge in [-0.05, 0) is 25.2 Å². The van der Waals surface area contributed by atoms with E-state index in [-0.39, 0.29) is 5.91 Å². The molecule has 1 heterocycles. The summed E-state index contributed by atoms with van der Waals surface area (Å²) in [5.41, 5.74) is 7.52. The van der Waals surface area contributed by atoms with E-state index in [1.165, 1.54) is 0 Å². The maximum absolute atomic E-state index is 12.1. The van der Waals surface area contributed by atoms with Crippen molar-refractivity contribution >= 4 is 22.5 Å². The molecule has 0 bridgehead atoms. The summed E-state index contributed by atoms with van der Waals surface area (Å²) in [5, 5.41) is 10.5. The van der Waals surface area contributed by atoms with E-state index in [1.54, 1.807) is 19.2 Å². The third kappa shape index (κ3) is 3.93. The number of rotatable bonds is 7. The highest BCUT2D eigenvalue weighted by Crippen LogP contribution is 2.18. The van der Waals surface area contributed by atoms with Crippen LogP contribution < -0.4 is 11.1 Å². The number of methoxy groups -OCH3 is 1. The topological polar surface area (TPSA) is 96.3 Å². The molecule has 2 rings (SSSR count).